The van der Waals surface area contributed by atoms with Gasteiger partial charge in [0.25, 0.3) is 5.91 Å². The van der Waals surface area contributed by atoms with Gasteiger partial charge in [-0.2, -0.15) is 0 Å². The van der Waals surface area contributed by atoms with Gasteiger partial charge in [-0.25, -0.2) is 4.39 Å². The number of halogens is 1. The van der Waals surface area contributed by atoms with Crippen molar-refractivity contribution < 1.29 is 18.7 Å². The molecule has 9 heteroatoms. The molecule has 1 aromatic heterocycles. The highest BCUT2D eigenvalue weighted by Crippen LogP contribution is 2.24. The monoisotopic (exact) mass is 476 g/mol. The van der Waals surface area contributed by atoms with Gasteiger partial charge < -0.3 is 10.1 Å². The van der Waals surface area contributed by atoms with Crippen LogP contribution in [-0.4, -0.2) is 39.3 Å². The minimum absolute atomic E-state index is 0.0571. The minimum atomic E-state index is -0.421. The van der Waals surface area contributed by atoms with E-state index in [0.717, 1.165) is 0 Å². The number of hydrogen-bond acceptors (Lipinski definition) is 6. The molecule has 172 valence electrons. The Hall–Kier alpha value is -3.98. The molecule has 3 aromatic carbocycles. The molecule has 0 spiro atoms. The van der Waals surface area contributed by atoms with Crippen LogP contribution in [0, 0.1) is 5.82 Å². The number of Topliss-reactive ketones (excluding diaryl/α,β-unsaturated/α-hetero) is 1. The fourth-order valence-electron chi connectivity index (χ4n) is 3.22. The van der Waals surface area contributed by atoms with E-state index in [0.29, 0.717) is 33.5 Å². The third-order valence-corrected chi connectivity index (χ3v) is 5.88. The summed E-state index contributed by atoms with van der Waals surface area (Å²) in [5.74, 6) is 0.404. The number of ketones is 1. The Kier molecular flexibility index (Phi) is 7.34. The molecule has 1 heterocycles. The van der Waals surface area contributed by atoms with Crippen LogP contribution in [-0.2, 0) is 6.54 Å². The van der Waals surface area contributed by atoms with Gasteiger partial charge in [0.1, 0.15) is 11.6 Å². The molecule has 7 nitrogen and oxygen atoms in total. The van der Waals surface area contributed by atoms with Crippen LogP contribution in [0.4, 0.5) is 4.39 Å². The first-order valence-corrected chi connectivity index (χ1v) is 11.4. The van der Waals surface area contributed by atoms with Crippen LogP contribution in [0.5, 0.6) is 5.75 Å². The number of carbonyl (C=O) groups is 2. The number of carbonyl (C=O) groups excluding carboxylic acids is 2. The quantitative estimate of drug-likeness (QED) is 0.286. The van der Waals surface area contributed by atoms with E-state index in [1.165, 1.54) is 23.9 Å². The van der Waals surface area contributed by atoms with Crippen molar-refractivity contribution in [2.45, 2.75) is 11.7 Å². The number of hydrogen-bond donors (Lipinski definition) is 1. The molecule has 0 bridgehead atoms. The number of ether oxygens (including phenoxy) is 1. The minimum Gasteiger partial charge on any atom is -0.497 e. The van der Waals surface area contributed by atoms with Crippen molar-refractivity contribution in [1.29, 1.82) is 0 Å². The Morgan fingerprint density at radius 1 is 0.971 bits per heavy atom. The molecule has 0 atom stereocenters. The van der Waals surface area contributed by atoms with Gasteiger partial charge in [0.2, 0.25) is 0 Å². The van der Waals surface area contributed by atoms with Crippen LogP contribution in [0.25, 0.3) is 5.69 Å². The van der Waals surface area contributed by atoms with Gasteiger partial charge >= 0.3 is 0 Å². The molecule has 34 heavy (non-hydrogen) atoms. The van der Waals surface area contributed by atoms with E-state index in [-0.39, 0.29) is 24.0 Å². The molecular formula is C25H21FN4O3S. The summed E-state index contributed by atoms with van der Waals surface area (Å²) in [6, 6.07) is 21.6. The maximum Gasteiger partial charge on any atom is 0.251 e. The number of benzene rings is 3. The second kappa shape index (κ2) is 10.8. The highest BCUT2D eigenvalue weighted by atomic mass is 32.2. The molecule has 0 fully saturated rings. The topological polar surface area (TPSA) is 86.1 Å². The fourth-order valence-corrected chi connectivity index (χ4v) is 4.09. The Balaban J connectivity index is 1.54. The summed E-state index contributed by atoms with van der Waals surface area (Å²) < 4.78 is 20.7. The average molecular weight is 477 g/mol. The first-order valence-electron chi connectivity index (χ1n) is 10.4. The molecule has 0 unspecified atom stereocenters. The summed E-state index contributed by atoms with van der Waals surface area (Å²) in [5.41, 5.74) is 1.55. The van der Waals surface area contributed by atoms with Crippen LogP contribution >= 0.6 is 11.8 Å². The molecule has 0 aliphatic rings. The summed E-state index contributed by atoms with van der Waals surface area (Å²) in [4.78, 5) is 25.1. The molecule has 0 saturated carbocycles. The van der Waals surface area contributed by atoms with Crippen molar-refractivity contribution in [3.05, 3.63) is 102 Å². The van der Waals surface area contributed by atoms with Gasteiger partial charge in [-0.15, -0.1) is 10.2 Å². The van der Waals surface area contributed by atoms with E-state index in [2.05, 4.69) is 15.5 Å². The van der Waals surface area contributed by atoms with Crippen LogP contribution in [0.3, 0.4) is 0 Å². The van der Waals surface area contributed by atoms with E-state index in [9.17, 15) is 14.0 Å². The van der Waals surface area contributed by atoms with Crippen LogP contribution in [0.1, 0.15) is 26.5 Å². The zero-order valence-electron chi connectivity index (χ0n) is 18.3. The lowest BCUT2D eigenvalue weighted by Crippen LogP contribution is -2.24. The summed E-state index contributed by atoms with van der Waals surface area (Å²) in [6.07, 6.45) is 0. The number of rotatable bonds is 9. The Labute approximate surface area is 200 Å². The van der Waals surface area contributed by atoms with Gasteiger partial charge in [-0.05, 0) is 42.5 Å². The van der Waals surface area contributed by atoms with Crippen molar-refractivity contribution in [1.82, 2.24) is 20.1 Å². The van der Waals surface area contributed by atoms with Gasteiger partial charge in [0.15, 0.2) is 16.8 Å². The van der Waals surface area contributed by atoms with Crippen molar-refractivity contribution in [3.63, 3.8) is 0 Å². The summed E-state index contributed by atoms with van der Waals surface area (Å²) >= 11 is 1.20. The molecule has 0 aliphatic heterocycles. The summed E-state index contributed by atoms with van der Waals surface area (Å²) in [7, 11) is 1.55. The lowest BCUT2D eigenvalue weighted by Gasteiger charge is -2.11. The van der Waals surface area contributed by atoms with Crippen LogP contribution < -0.4 is 10.1 Å². The Morgan fingerprint density at radius 3 is 2.44 bits per heavy atom. The number of nitrogens with one attached hydrogen (secondary N) is 1. The Morgan fingerprint density at radius 2 is 1.74 bits per heavy atom. The summed E-state index contributed by atoms with van der Waals surface area (Å²) in [6.45, 7) is 0.0571. The van der Waals surface area contributed by atoms with Gasteiger partial charge in [0.05, 0.1) is 25.1 Å². The highest BCUT2D eigenvalue weighted by Gasteiger charge is 2.18. The number of amides is 1. The molecule has 4 aromatic rings. The lowest BCUT2D eigenvalue weighted by molar-refractivity contribution is 0.0948. The first kappa shape index (κ1) is 23.2. The van der Waals surface area contributed by atoms with Crippen molar-refractivity contribution >= 4 is 23.5 Å². The average Bonchev–Trinajstić information content (AvgIpc) is 3.29. The third-order valence-electron chi connectivity index (χ3n) is 4.95. The SMILES string of the molecule is COc1ccc(C(=O)NCc2nnc(SCC(=O)c3ccccc3)n2-c2cccc(F)c2)cc1. The lowest BCUT2D eigenvalue weighted by atomic mass is 10.2. The van der Waals surface area contributed by atoms with Crippen molar-refractivity contribution in [2.75, 3.05) is 12.9 Å². The van der Waals surface area contributed by atoms with Gasteiger partial charge in [0, 0.05) is 11.1 Å². The number of thioether (sulfide) groups is 1. The molecule has 0 radical (unpaired) electrons. The fraction of sp³-hybridized carbons (Fsp3) is 0.120. The zero-order chi connectivity index (χ0) is 23.9. The summed E-state index contributed by atoms with van der Waals surface area (Å²) in [5, 5.41) is 11.6. The Bertz CT molecular complexity index is 1290. The van der Waals surface area contributed by atoms with Crippen LogP contribution in [0.15, 0.2) is 84.0 Å². The second-order valence-corrected chi connectivity index (χ2v) is 8.15. The third kappa shape index (κ3) is 5.49. The highest BCUT2D eigenvalue weighted by molar-refractivity contribution is 7.99. The molecule has 0 aliphatic carbocycles. The smallest absolute Gasteiger partial charge is 0.251 e. The van der Waals surface area contributed by atoms with Gasteiger partial charge in [-0.1, -0.05) is 48.2 Å². The van der Waals surface area contributed by atoms with Gasteiger partial charge in [-0.3, -0.25) is 14.2 Å². The van der Waals surface area contributed by atoms with Crippen molar-refractivity contribution in [2.24, 2.45) is 0 Å². The predicted molar refractivity (Wildman–Crippen MR) is 127 cm³/mol. The maximum atomic E-state index is 14.0. The zero-order valence-corrected chi connectivity index (χ0v) is 19.1. The number of aromatic nitrogens is 3. The number of methoxy groups -OCH3 is 1. The van der Waals surface area contributed by atoms with E-state index < -0.39 is 5.82 Å². The van der Waals surface area contributed by atoms with E-state index in [4.69, 9.17) is 4.74 Å². The normalized spacial score (nSPS) is 10.6. The largest absolute Gasteiger partial charge is 0.497 e. The number of nitrogens with zero attached hydrogens (tertiary/aromatic N) is 3. The maximum absolute atomic E-state index is 14.0. The van der Waals surface area contributed by atoms with E-state index >= 15 is 0 Å². The molecule has 0 saturated heterocycles. The predicted octanol–water partition coefficient (Wildman–Crippen LogP) is 4.32. The second-order valence-electron chi connectivity index (χ2n) is 7.20. The standard InChI is InChI=1S/C25H21FN4O3S/c1-33-21-12-10-18(11-13-21)24(32)27-15-23-28-29-25(30(23)20-9-5-8-19(26)14-20)34-16-22(31)17-6-3-2-4-7-17/h2-14H,15-16H2,1H3,(H,27,32). The van der Waals surface area contributed by atoms with Crippen LogP contribution in [0.2, 0.25) is 0 Å². The molecule has 1 amide bonds. The first-order chi connectivity index (χ1) is 16.5. The van der Waals surface area contributed by atoms with Crippen molar-refractivity contribution in [3.8, 4) is 11.4 Å². The van der Waals surface area contributed by atoms with E-state index in [1.807, 2.05) is 6.07 Å². The molecule has 1 N–H and O–H groups in total. The molecular weight excluding hydrogens is 455 g/mol. The van der Waals surface area contributed by atoms with E-state index in [1.54, 1.807) is 72.3 Å². The molecule has 4 rings (SSSR count).